The van der Waals surface area contributed by atoms with Gasteiger partial charge in [-0.15, -0.1) is 0 Å². The van der Waals surface area contributed by atoms with E-state index in [0.29, 0.717) is 0 Å². The van der Waals surface area contributed by atoms with Gasteiger partial charge in [0.2, 0.25) is 0 Å². The van der Waals surface area contributed by atoms with Gasteiger partial charge in [0.1, 0.15) is 0 Å². The van der Waals surface area contributed by atoms with Crippen LogP contribution in [0.1, 0.15) is 25.2 Å². The van der Waals surface area contributed by atoms with Gasteiger partial charge in [-0.25, -0.2) is 19.3 Å². The molecule has 0 bridgehead atoms. The molecule has 4 aromatic rings. The molecule has 0 saturated heterocycles. The zero-order chi connectivity index (χ0) is 22.2. The predicted octanol–water partition coefficient (Wildman–Crippen LogP) is 2.56. The van der Waals surface area contributed by atoms with E-state index >= 15 is 0 Å². The Kier molecular flexibility index (Phi) is 5.76. The predicted molar refractivity (Wildman–Crippen MR) is 132 cm³/mol. The Morgan fingerprint density at radius 3 is 1.42 bits per heavy atom. The second-order valence-corrected chi connectivity index (χ2v) is 14.9. The van der Waals surface area contributed by atoms with Gasteiger partial charge in [0.05, 0.1) is 29.0 Å². The van der Waals surface area contributed by atoms with Gasteiger partial charge in [-0.05, 0) is 50.2 Å². The zero-order valence-electron chi connectivity index (χ0n) is 19.1. The highest BCUT2D eigenvalue weighted by Crippen LogP contribution is 2.29. The van der Waals surface area contributed by atoms with E-state index in [-0.39, 0.29) is 5.41 Å². The number of rotatable bonds is 6. The fourth-order valence-electron chi connectivity index (χ4n) is 3.48. The van der Waals surface area contributed by atoms with Crippen molar-refractivity contribution in [3.05, 3.63) is 72.3 Å². The van der Waals surface area contributed by atoms with Crippen molar-refractivity contribution in [3.63, 3.8) is 0 Å². The van der Waals surface area contributed by atoms with Gasteiger partial charge in [-0.3, -0.25) is 0 Å². The highest BCUT2D eigenvalue weighted by atomic mass is 28.3. The molecule has 8 heteroatoms. The molecule has 0 spiro atoms. The van der Waals surface area contributed by atoms with Crippen LogP contribution in [-0.4, -0.2) is 47.1 Å². The summed E-state index contributed by atoms with van der Waals surface area (Å²) in [5.74, 6) is 1.67. The van der Waals surface area contributed by atoms with Gasteiger partial charge in [0, 0.05) is 28.4 Å². The van der Waals surface area contributed by atoms with E-state index in [0.717, 1.165) is 23.0 Å². The van der Waals surface area contributed by atoms with E-state index in [9.17, 15) is 0 Å². The van der Waals surface area contributed by atoms with Gasteiger partial charge in [-0.1, -0.05) is 38.3 Å². The molecule has 160 valence electrons. The summed E-state index contributed by atoms with van der Waals surface area (Å²) in [5.41, 5.74) is 1.56. The molecule has 0 fully saturated rings. The summed E-state index contributed by atoms with van der Waals surface area (Å²) < 4.78 is 3.76. The summed E-state index contributed by atoms with van der Waals surface area (Å²) >= 11 is 0. The Morgan fingerprint density at radius 1 is 0.645 bits per heavy atom. The van der Waals surface area contributed by atoms with Crippen molar-refractivity contribution in [2.45, 2.75) is 45.5 Å². The molecule has 6 nitrogen and oxygen atoms in total. The second kappa shape index (κ2) is 8.35. The first-order chi connectivity index (χ1) is 14.8. The van der Waals surface area contributed by atoms with Crippen molar-refractivity contribution < 1.29 is 0 Å². The van der Waals surface area contributed by atoms with Crippen molar-refractivity contribution in [3.8, 4) is 11.6 Å². The minimum Gasteiger partial charge on any atom is -0.233 e. The van der Waals surface area contributed by atoms with E-state index in [1.54, 1.807) is 0 Å². The molecule has 0 saturated carbocycles. The largest absolute Gasteiger partial charge is 0.233 e. The van der Waals surface area contributed by atoms with Crippen LogP contribution in [-0.2, 0) is 5.41 Å². The van der Waals surface area contributed by atoms with Crippen LogP contribution in [0.5, 0.6) is 0 Å². The van der Waals surface area contributed by atoms with Crippen LogP contribution < -0.4 is 10.6 Å². The average molecular weight is 447 g/mol. The summed E-state index contributed by atoms with van der Waals surface area (Å²) in [6, 6.07) is 16.5. The summed E-state index contributed by atoms with van der Waals surface area (Å²) in [7, 11) is -1.89. The smallest absolute Gasteiger partial charge is 0.153 e. The molecule has 0 aromatic carbocycles. The van der Waals surface area contributed by atoms with E-state index in [1.807, 2.05) is 46.0 Å². The third-order valence-electron chi connectivity index (χ3n) is 5.62. The number of pyridine rings is 2. The highest BCUT2D eigenvalue weighted by Gasteiger charge is 2.27. The quantitative estimate of drug-likeness (QED) is 0.427. The number of aromatic nitrogens is 6. The zero-order valence-corrected chi connectivity index (χ0v) is 21.4. The van der Waals surface area contributed by atoms with Crippen LogP contribution in [0.15, 0.2) is 60.9 Å². The van der Waals surface area contributed by atoms with Gasteiger partial charge >= 0.3 is 0 Å². The maximum absolute atomic E-state index is 4.95. The molecule has 0 amide bonds. The molecule has 0 atom stereocenters. The Hall–Kier alpha value is -2.85. The number of nitrogens with zero attached hydrogens (tertiary/aromatic N) is 6. The van der Waals surface area contributed by atoms with Crippen molar-refractivity contribution in [1.82, 2.24) is 29.5 Å². The maximum atomic E-state index is 4.95. The van der Waals surface area contributed by atoms with Crippen LogP contribution in [0, 0.1) is 0 Å². The standard InChI is InChI=1S/C23H30N6Si2/c1-23(2,17-9-7-11-19(24-17)28-15-13-21(26-28)30(3)4)18-10-8-12-20(25-18)29-16-14-22(27-29)31(5)6/h7-16,30-31H,1-6H3. The average Bonchev–Trinajstić information content (AvgIpc) is 3.44. The minimum atomic E-state index is -0.943. The Balaban J connectivity index is 1.68. The lowest BCUT2D eigenvalue weighted by molar-refractivity contribution is 0.588. The summed E-state index contributed by atoms with van der Waals surface area (Å²) in [6.07, 6.45) is 4.02. The first-order valence-corrected chi connectivity index (χ1v) is 16.6. The van der Waals surface area contributed by atoms with Crippen molar-refractivity contribution in [2.24, 2.45) is 0 Å². The number of hydrogen-bond acceptors (Lipinski definition) is 4. The normalized spacial score (nSPS) is 12.1. The summed E-state index contributed by atoms with van der Waals surface area (Å²) in [6.45, 7) is 13.5. The second-order valence-electron chi connectivity index (χ2n) is 9.07. The first kappa shape index (κ1) is 21.4. The van der Waals surface area contributed by atoms with E-state index in [2.05, 4.69) is 64.3 Å². The van der Waals surface area contributed by atoms with Gasteiger partial charge < -0.3 is 0 Å². The molecule has 0 radical (unpaired) electrons. The monoisotopic (exact) mass is 446 g/mol. The van der Waals surface area contributed by atoms with Gasteiger partial charge in [0.15, 0.2) is 11.6 Å². The van der Waals surface area contributed by atoms with Gasteiger partial charge in [-0.2, -0.15) is 10.2 Å². The Labute approximate surface area is 187 Å². The van der Waals surface area contributed by atoms with Gasteiger partial charge in [0.25, 0.3) is 0 Å². The van der Waals surface area contributed by atoms with Crippen LogP contribution in [0.3, 0.4) is 0 Å². The summed E-state index contributed by atoms with van der Waals surface area (Å²) in [5, 5.41) is 11.9. The minimum absolute atomic E-state index is 0.364. The van der Waals surface area contributed by atoms with Crippen molar-refractivity contribution in [2.75, 3.05) is 0 Å². The Morgan fingerprint density at radius 2 is 1.06 bits per heavy atom. The maximum Gasteiger partial charge on any atom is 0.153 e. The van der Waals surface area contributed by atoms with E-state index < -0.39 is 17.6 Å². The molecular formula is C23H30N6Si2. The Bertz CT molecular complexity index is 1100. The van der Waals surface area contributed by atoms with Crippen LogP contribution >= 0.6 is 0 Å². The molecule has 0 aliphatic heterocycles. The molecule has 4 heterocycles. The first-order valence-electron chi connectivity index (χ1n) is 10.8. The SMILES string of the molecule is C[SiH](C)c1ccn(-c2cccc(C(C)(C)c3cccc(-n4ccc([SiH](C)C)n4)n3)n2)n1. The third-order valence-corrected chi connectivity index (χ3v) is 8.60. The molecule has 0 N–H and O–H groups in total. The summed E-state index contributed by atoms with van der Waals surface area (Å²) in [4.78, 5) is 9.90. The number of hydrogen-bond donors (Lipinski definition) is 0. The lowest BCUT2D eigenvalue weighted by Gasteiger charge is -2.24. The molecule has 4 rings (SSSR count). The lowest BCUT2D eigenvalue weighted by atomic mass is 9.84. The molecule has 0 unspecified atom stereocenters. The van der Waals surface area contributed by atoms with Crippen molar-refractivity contribution >= 4 is 28.2 Å². The molecule has 4 aromatic heterocycles. The topological polar surface area (TPSA) is 61.4 Å². The third kappa shape index (κ3) is 4.31. The van der Waals surface area contributed by atoms with E-state index in [1.165, 1.54) is 10.6 Å². The molecular weight excluding hydrogens is 416 g/mol. The van der Waals surface area contributed by atoms with Crippen LogP contribution in [0.25, 0.3) is 11.6 Å². The van der Waals surface area contributed by atoms with Crippen LogP contribution in [0.2, 0.25) is 26.2 Å². The van der Waals surface area contributed by atoms with E-state index in [4.69, 9.17) is 20.2 Å². The molecule has 0 aliphatic rings. The molecule has 0 aliphatic carbocycles. The highest BCUT2D eigenvalue weighted by molar-refractivity contribution is 6.70. The van der Waals surface area contributed by atoms with Crippen LogP contribution in [0.4, 0.5) is 0 Å². The fraction of sp³-hybridized carbons (Fsp3) is 0.304. The molecule has 31 heavy (non-hydrogen) atoms. The lowest BCUT2D eigenvalue weighted by Crippen LogP contribution is -2.26. The fourth-order valence-corrected chi connectivity index (χ4v) is 5.13. The van der Waals surface area contributed by atoms with Crippen molar-refractivity contribution in [1.29, 1.82) is 0 Å².